The van der Waals surface area contributed by atoms with Crippen molar-refractivity contribution in [2.45, 2.75) is 50.2 Å². The minimum Gasteiger partial charge on any atom is -0.494 e. The molecule has 1 N–H and O–H groups in total. The second-order valence-corrected chi connectivity index (χ2v) is 10.0. The Bertz CT molecular complexity index is 1130. The topological polar surface area (TPSA) is 59.0 Å². The average molecular weight is 492 g/mol. The minimum atomic E-state index is -1.14. The van der Waals surface area contributed by atoms with Crippen LogP contribution in [0.3, 0.4) is 0 Å². The molecule has 3 aromatic rings. The van der Waals surface area contributed by atoms with Crippen LogP contribution in [0.4, 0.5) is 4.39 Å². The number of halogens is 1. The summed E-state index contributed by atoms with van der Waals surface area (Å²) in [7, 11) is 1.43. The monoisotopic (exact) mass is 491 g/mol. The van der Waals surface area contributed by atoms with E-state index in [2.05, 4.69) is 18.7 Å². The van der Waals surface area contributed by atoms with Crippen molar-refractivity contribution in [3.8, 4) is 11.5 Å². The van der Waals surface area contributed by atoms with E-state index >= 15 is 0 Å². The maximum absolute atomic E-state index is 13.8. The highest BCUT2D eigenvalue weighted by Gasteiger charge is 2.44. The van der Waals surface area contributed by atoms with Gasteiger partial charge in [0.2, 0.25) is 0 Å². The van der Waals surface area contributed by atoms with E-state index in [0.29, 0.717) is 25.1 Å². The zero-order valence-electron chi connectivity index (χ0n) is 21.1. The minimum absolute atomic E-state index is 0.0353. The van der Waals surface area contributed by atoms with Crippen molar-refractivity contribution in [3.05, 3.63) is 95.8 Å². The van der Waals surface area contributed by atoms with Crippen LogP contribution < -0.4 is 9.47 Å². The fourth-order valence-electron chi connectivity index (χ4n) is 5.19. The molecule has 6 heteroatoms. The van der Waals surface area contributed by atoms with Crippen LogP contribution in [0.5, 0.6) is 11.5 Å². The van der Waals surface area contributed by atoms with E-state index in [0.717, 1.165) is 24.1 Å². The molecule has 0 spiro atoms. The summed E-state index contributed by atoms with van der Waals surface area (Å²) in [4.78, 5) is 15.3. The molecule has 1 aliphatic rings. The largest absolute Gasteiger partial charge is 0.494 e. The number of carboxylic acids is 1. The van der Waals surface area contributed by atoms with Crippen molar-refractivity contribution in [3.63, 3.8) is 0 Å². The van der Waals surface area contributed by atoms with Gasteiger partial charge in [0.25, 0.3) is 0 Å². The van der Waals surface area contributed by atoms with Gasteiger partial charge in [-0.05, 0) is 56.4 Å². The zero-order chi connectivity index (χ0) is 25.8. The first kappa shape index (κ1) is 25.7. The molecule has 0 amide bonds. The number of rotatable bonds is 10. The summed E-state index contributed by atoms with van der Waals surface area (Å²) >= 11 is 0. The van der Waals surface area contributed by atoms with Crippen LogP contribution >= 0.6 is 0 Å². The van der Waals surface area contributed by atoms with Crippen LogP contribution in [0.15, 0.2) is 78.9 Å². The standard InChI is InChI=1S/C30H34FNO4/c1-29(2,32-19-16-25(21-32)36-24-14-15-26(31)27(20-24)35-3)17-18-30(28(33)34,22-10-6-4-7-11-22)23-12-8-5-9-13-23/h4-15,20,25H,16-19,21H2,1-3H3,(H,33,34)/t25-/m0/s1. The Balaban J connectivity index is 1.51. The lowest BCUT2D eigenvalue weighted by molar-refractivity contribution is -0.142. The summed E-state index contributed by atoms with van der Waals surface area (Å²) in [6.07, 6.45) is 1.94. The third kappa shape index (κ3) is 5.24. The van der Waals surface area contributed by atoms with Gasteiger partial charge >= 0.3 is 5.97 Å². The lowest BCUT2D eigenvalue weighted by Crippen LogP contribution is -2.46. The molecule has 0 radical (unpaired) electrons. The zero-order valence-corrected chi connectivity index (χ0v) is 21.1. The lowest BCUT2D eigenvalue weighted by atomic mass is 9.69. The summed E-state index contributed by atoms with van der Waals surface area (Å²) in [5.41, 5.74) is 0.183. The second kappa shape index (κ2) is 10.7. The lowest BCUT2D eigenvalue weighted by Gasteiger charge is -2.39. The van der Waals surface area contributed by atoms with Crippen molar-refractivity contribution in [2.24, 2.45) is 0 Å². The molecule has 1 saturated heterocycles. The smallest absolute Gasteiger partial charge is 0.318 e. The van der Waals surface area contributed by atoms with E-state index < -0.39 is 17.2 Å². The summed E-state index contributed by atoms with van der Waals surface area (Å²) in [6, 6.07) is 23.6. The normalized spacial score (nSPS) is 16.6. The molecule has 4 rings (SSSR count). The molecule has 1 heterocycles. The van der Waals surface area contributed by atoms with E-state index in [1.165, 1.54) is 13.2 Å². The maximum atomic E-state index is 13.8. The summed E-state index contributed by atoms with van der Waals surface area (Å²) < 4.78 is 25.0. The Labute approximate surface area is 212 Å². The predicted octanol–water partition coefficient (Wildman–Crippen LogP) is 5.92. The van der Waals surface area contributed by atoms with Crippen molar-refractivity contribution in [1.82, 2.24) is 4.90 Å². The third-order valence-electron chi connectivity index (χ3n) is 7.44. The van der Waals surface area contributed by atoms with Crippen molar-refractivity contribution >= 4 is 5.97 Å². The molecule has 0 aliphatic carbocycles. The molecule has 0 bridgehead atoms. The first-order chi connectivity index (χ1) is 17.3. The number of aliphatic carboxylic acids is 1. The van der Waals surface area contributed by atoms with Gasteiger partial charge in [0.1, 0.15) is 17.3 Å². The van der Waals surface area contributed by atoms with E-state index in [4.69, 9.17) is 9.47 Å². The number of nitrogens with zero attached hydrogens (tertiary/aromatic N) is 1. The Hall–Kier alpha value is -3.38. The Morgan fingerprint density at radius 2 is 1.61 bits per heavy atom. The number of ether oxygens (including phenoxy) is 2. The summed E-state index contributed by atoms with van der Waals surface area (Å²) in [5.74, 6) is -0.521. The molecular formula is C30H34FNO4. The fourth-order valence-corrected chi connectivity index (χ4v) is 5.19. The first-order valence-electron chi connectivity index (χ1n) is 12.4. The average Bonchev–Trinajstić information content (AvgIpc) is 3.36. The number of hydrogen-bond acceptors (Lipinski definition) is 4. The van der Waals surface area contributed by atoms with Crippen LogP contribution in [0, 0.1) is 5.82 Å². The van der Waals surface area contributed by atoms with Gasteiger partial charge in [0, 0.05) is 24.7 Å². The van der Waals surface area contributed by atoms with Gasteiger partial charge in [-0.1, -0.05) is 60.7 Å². The van der Waals surface area contributed by atoms with Crippen LogP contribution in [-0.2, 0) is 10.2 Å². The highest BCUT2D eigenvalue weighted by molar-refractivity contribution is 5.86. The van der Waals surface area contributed by atoms with Crippen LogP contribution in [0.25, 0.3) is 0 Å². The number of likely N-dealkylation sites (tertiary alicyclic amines) is 1. The van der Waals surface area contributed by atoms with Crippen molar-refractivity contribution in [2.75, 3.05) is 20.2 Å². The number of benzene rings is 3. The number of hydrogen-bond donors (Lipinski definition) is 1. The van der Waals surface area contributed by atoms with Crippen LogP contribution in [0.2, 0.25) is 0 Å². The second-order valence-electron chi connectivity index (χ2n) is 10.0. The fraction of sp³-hybridized carbons (Fsp3) is 0.367. The molecular weight excluding hydrogens is 457 g/mol. The molecule has 190 valence electrons. The van der Waals surface area contributed by atoms with Gasteiger partial charge < -0.3 is 14.6 Å². The highest BCUT2D eigenvalue weighted by atomic mass is 19.1. The summed E-state index contributed by atoms with van der Waals surface area (Å²) in [6.45, 7) is 5.88. The molecule has 0 aromatic heterocycles. The van der Waals surface area contributed by atoms with Crippen molar-refractivity contribution < 1.29 is 23.8 Å². The Morgan fingerprint density at radius 1 is 1.00 bits per heavy atom. The van der Waals surface area contributed by atoms with Gasteiger partial charge in [-0.15, -0.1) is 0 Å². The Kier molecular flexibility index (Phi) is 7.65. The van der Waals surface area contributed by atoms with Crippen molar-refractivity contribution in [1.29, 1.82) is 0 Å². The SMILES string of the molecule is COc1cc(O[C@H]2CCN(C(C)(C)CCC(C(=O)O)(c3ccccc3)c3ccccc3)C2)ccc1F. The van der Waals surface area contributed by atoms with Gasteiger partial charge in [0.05, 0.1) is 7.11 Å². The molecule has 36 heavy (non-hydrogen) atoms. The van der Waals surface area contributed by atoms with Crippen LogP contribution in [-0.4, -0.2) is 47.8 Å². The van der Waals surface area contributed by atoms with E-state index in [-0.39, 0.29) is 17.4 Å². The molecule has 3 aromatic carbocycles. The number of methoxy groups -OCH3 is 1. The molecule has 1 atom stereocenters. The maximum Gasteiger partial charge on any atom is 0.318 e. The van der Waals surface area contributed by atoms with E-state index in [1.54, 1.807) is 12.1 Å². The number of carboxylic acid groups (broad SMARTS) is 1. The predicted molar refractivity (Wildman–Crippen MR) is 138 cm³/mol. The molecule has 0 saturated carbocycles. The van der Waals surface area contributed by atoms with Gasteiger partial charge in [-0.2, -0.15) is 0 Å². The third-order valence-corrected chi connectivity index (χ3v) is 7.44. The van der Waals surface area contributed by atoms with Gasteiger partial charge in [0.15, 0.2) is 11.6 Å². The molecule has 1 aliphatic heterocycles. The highest BCUT2D eigenvalue weighted by Crippen LogP contribution is 2.40. The van der Waals surface area contributed by atoms with Gasteiger partial charge in [-0.25, -0.2) is 4.39 Å². The Morgan fingerprint density at radius 3 is 2.17 bits per heavy atom. The molecule has 5 nitrogen and oxygen atoms in total. The van der Waals surface area contributed by atoms with E-state index in [1.807, 2.05) is 60.7 Å². The molecule has 1 fully saturated rings. The molecule has 0 unspecified atom stereocenters. The summed E-state index contributed by atoms with van der Waals surface area (Å²) in [5, 5.41) is 10.6. The quantitative estimate of drug-likeness (QED) is 0.382. The first-order valence-corrected chi connectivity index (χ1v) is 12.4. The van der Waals surface area contributed by atoms with Gasteiger partial charge in [-0.3, -0.25) is 9.69 Å². The number of carbonyl (C=O) groups is 1. The van der Waals surface area contributed by atoms with E-state index in [9.17, 15) is 14.3 Å². The van der Waals surface area contributed by atoms with Crippen LogP contribution in [0.1, 0.15) is 44.2 Å².